The van der Waals surface area contributed by atoms with Gasteiger partial charge >= 0.3 is 0 Å². The predicted molar refractivity (Wildman–Crippen MR) is 64.2 cm³/mol. The van der Waals surface area contributed by atoms with Crippen molar-refractivity contribution in [3.05, 3.63) is 24.3 Å². The maximum absolute atomic E-state index is 12.2. The number of fused-ring (bicyclic) bond motifs is 3. The first-order chi connectivity index (χ1) is 9.12. The van der Waals surface area contributed by atoms with Crippen molar-refractivity contribution in [2.45, 2.75) is 24.8 Å². The van der Waals surface area contributed by atoms with Crippen molar-refractivity contribution in [3.63, 3.8) is 0 Å². The maximum atomic E-state index is 12.2. The van der Waals surface area contributed by atoms with Gasteiger partial charge in [0.1, 0.15) is 11.3 Å². The predicted octanol–water partition coefficient (Wildman–Crippen LogP) is -0.0335. The lowest BCUT2D eigenvalue weighted by molar-refractivity contribution is -0.154. The second-order valence-corrected chi connectivity index (χ2v) is 5.24. The Morgan fingerprint density at radius 1 is 1.32 bits per heavy atom. The van der Waals surface area contributed by atoms with Crippen LogP contribution in [0.1, 0.15) is 12.8 Å². The summed E-state index contributed by atoms with van der Waals surface area (Å²) < 4.78 is 5.35. The zero-order valence-electron chi connectivity index (χ0n) is 10.00. The van der Waals surface area contributed by atoms with Gasteiger partial charge in [0.15, 0.2) is 0 Å². The second kappa shape index (κ2) is 3.27. The molecule has 6 nitrogen and oxygen atoms in total. The van der Waals surface area contributed by atoms with Crippen LogP contribution in [0.5, 0.6) is 5.75 Å². The standard InChI is InChI=1S/C13H12N2O4/c16-10-7-5-13(6-7,11(17)14-10)15-8-3-1-2-4-9(8)19-12(15)18/h1-4,7,12,18H,5-6H2,(H,14,16,17). The number of imide groups is 1. The lowest BCUT2D eigenvalue weighted by Crippen LogP contribution is -2.74. The van der Waals surface area contributed by atoms with E-state index < -0.39 is 12.0 Å². The molecule has 2 saturated heterocycles. The van der Waals surface area contributed by atoms with Gasteiger partial charge < -0.3 is 9.84 Å². The van der Waals surface area contributed by atoms with Crippen LogP contribution in [0.25, 0.3) is 0 Å². The van der Waals surface area contributed by atoms with Gasteiger partial charge in [-0.2, -0.15) is 0 Å². The normalized spacial score (nSPS) is 35.3. The van der Waals surface area contributed by atoms with Crippen LogP contribution in [0.15, 0.2) is 24.3 Å². The fraction of sp³-hybridized carbons (Fsp3) is 0.385. The van der Waals surface area contributed by atoms with Gasteiger partial charge in [-0.15, -0.1) is 0 Å². The summed E-state index contributed by atoms with van der Waals surface area (Å²) in [6.07, 6.45) is -0.309. The Bertz CT molecular complexity index is 594. The van der Waals surface area contributed by atoms with Crippen molar-refractivity contribution in [2.75, 3.05) is 4.90 Å². The van der Waals surface area contributed by atoms with E-state index in [1.165, 1.54) is 0 Å². The smallest absolute Gasteiger partial charge is 0.282 e. The van der Waals surface area contributed by atoms with Crippen LogP contribution in [0.3, 0.4) is 0 Å². The molecule has 0 spiro atoms. The van der Waals surface area contributed by atoms with E-state index in [0.717, 1.165) is 0 Å². The van der Waals surface area contributed by atoms with E-state index >= 15 is 0 Å². The molecule has 3 heterocycles. The first-order valence-corrected chi connectivity index (χ1v) is 6.20. The first kappa shape index (κ1) is 10.8. The third-order valence-electron chi connectivity index (χ3n) is 4.24. The second-order valence-electron chi connectivity index (χ2n) is 5.24. The number of nitrogens with zero attached hydrogens (tertiary/aromatic N) is 1. The number of nitrogens with one attached hydrogen (secondary N) is 1. The number of hydrogen-bond acceptors (Lipinski definition) is 5. The van der Waals surface area contributed by atoms with Crippen LogP contribution in [0.4, 0.5) is 5.69 Å². The summed E-state index contributed by atoms with van der Waals surface area (Å²) in [7, 11) is 0. The average molecular weight is 260 g/mol. The highest BCUT2D eigenvalue weighted by Gasteiger charge is 2.63. The summed E-state index contributed by atoms with van der Waals surface area (Å²) in [6.45, 7) is 0. The first-order valence-electron chi connectivity index (χ1n) is 6.20. The van der Waals surface area contributed by atoms with Gasteiger partial charge in [0.25, 0.3) is 12.3 Å². The van der Waals surface area contributed by atoms with Crippen LogP contribution >= 0.6 is 0 Å². The molecule has 2 N–H and O–H groups in total. The topological polar surface area (TPSA) is 78.9 Å². The molecule has 1 atom stereocenters. The molecular weight excluding hydrogens is 248 g/mol. The molecule has 0 radical (unpaired) electrons. The summed E-state index contributed by atoms with van der Waals surface area (Å²) in [5, 5.41) is 12.4. The number of carbonyl (C=O) groups excluding carboxylic acids is 2. The fourth-order valence-electron chi connectivity index (χ4n) is 3.25. The van der Waals surface area contributed by atoms with Crippen LogP contribution in [-0.2, 0) is 9.59 Å². The van der Waals surface area contributed by atoms with Gasteiger partial charge in [-0.1, -0.05) is 12.1 Å². The SMILES string of the molecule is O=C1NC(=O)C2(N3c4ccccc4OC3O)CC1C2. The van der Waals surface area contributed by atoms with E-state index in [4.69, 9.17) is 4.74 Å². The third kappa shape index (κ3) is 1.19. The number of benzene rings is 1. The summed E-state index contributed by atoms with van der Waals surface area (Å²) in [6, 6.07) is 7.18. The molecule has 1 aromatic rings. The zero-order chi connectivity index (χ0) is 13.2. The van der Waals surface area contributed by atoms with Crippen LogP contribution in [0, 0.1) is 5.92 Å². The number of rotatable bonds is 1. The third-order valence-corrected chi connectivity index (χ3v) is 4.24. The Labute approximate surface area is 109 Å². The molecule has 6 heteroatoms. The fourth-order valence-corrected chi connectivity index (χ4v) is 3.25. The number of amides is 2. The number of aliphatic hydroxyl groups excluding tert-OH is 1. The summed E-state index contributed by atoms with van der Waals surface area (Å²) >= 11 is 0. The van der Waals surface area contributed by atoms with Crippen molar-refractivity contribution in [1.29, 1.82) is 0 Å². The molecule has 1 aromatic carbocycles. The van der Waals surface area contributed by atoms with Gasteiger partial charge in [-0.25, -0.2) is 0 Å². The lowest BCUT2D eigenvalue weighted by Gasteiger charge is -2.54. The zero-order valence-corrected chi connectivity index (χ0v) is 10.00. The minimum Gasteiger partial charge on any atom is -0.444 e. The minimum atomic E-state index is -1.18. The Balaban J connectivity index is 1.78. The number of piperidine rings is 2. The van der Waals surface area contributed by atoms with Gasteiger partial charge in [0.2, 0.25) is 5.91 Å². The van der Waals surface area contributed by atoms with E-state index in [1.54, 1.807) is 23.1 Å². The molecule has 1 aliphatic carbocycles. The van der Waals surface area contributed by atoms with Crippen molar-refractivity contribution in [2.24, 2.45) is 5.92 Å². The van der Waals surface area contributed by atoms with E-state index in [9.17, 15) is 14.7 Å². The molecule has 2 amide bonds. The van der Waals surface area contributed by atoms with Crippen LogP contribution in [-0.4, -0.2) is 28.9 Å². The van der Waals surface area contributed by atoms with Crippen LogP contribution < -0.4 is 15.0 Å². The minimum absolute atomic E-state index is 0.141. The highest BCUT2D eigenvalue weighted by Crippen LogP contribution is 2.52. The number of para-hydroxylation sites is 2. The largest absolute Gasteiger partial charge is 0.444 e. The summed E-state index contributed by atoms with van der Waals surface area (Å²) in [5.74, 6) is -0.149. The molecular formula is C13H12N2O4. The Kier molecular flexibility index (Phi) is 1.86. The molecule has 2 bridgehead atoms. The molecule has 1 unspecified atom stereocenters. The number of carbonyl (C=O) groups is 2. The molecule has 98 valence electrons. The maximum Gasteiger partial charge on any atom is 0.282 e. The van der Waals surface area contributed by atoms with Crippen LogP contribution in [0.2, 0.25) is 0 Å². The number of ether oxygens (including phenoxy) is 1. The highest BCUT2D eigenvalue weighted by atomic mass is 16.6. The van der Waals surface area contributed by atoms with Crippen molar-refractivity contribution in [1.82, 2.24) is 5.32 Å². The van der Waals surface area contributed by atoms with E-state index in [1.807, 2.05) is 6.07 Å². The Morgan fingerprint density at radius 3 is 2.79 bits per heavy atom. The number of aliphatic hydroxyl groups is 1. The monoisotopic (exact) mass is 260 g/mol. The van der Waals surface area contributed by atoms with Crippen molar-refractivity contribution in [3.8, 4) is 5.75 Å². The number of hydrogen-bond donors (Lipinski definition) is 2. The van der Waals surface area contributed by atoms with E-state index in [0.29, 0.717) is 24.3 Å². The van der Waals surface area contributed by atoms with Crippen molar-refractivity contribution < 1.29 is 19.4 Å². The Hall–Kier alpha value is -2.08. The molecule has 5 rings (SSSR count). The lowest BCUT2D eigenvalue weighted by atomic mass is 9.63. The summed E-state index contributed by atoms with van der Waals surface area (Å²) in [5.41, 5.74) is -0.164. The summed E-state index contributed by atoms with van der Waals surface area (Å²) in [4.78, 5) is 25.2. The van der Waals surface area contributed by atoms with Gasteiger partial charge in [-0.3, -0.25) is 19.8 Å². The van der Waals surface area contributed by atoms with Gasteiger partial charge in [0, 0.05) is 5.92 Å². The Morgan fingerprint density at radius 2 is 2.05 bits per heavy atom. The highest BCUT2D eigenvalue weighted by molar-refractivity contribution is 6.09. The van der Waals surface area contributed by atoms with E-state index in [-0.39, 0.29) is 17.7 Å². The molecule has 3 aliphatic heterocycles. The molecule has 19 heavy (non-hydrogen) atoms. The molecule has 1 saturated carbocycles. The quantitative estimate of drug-likeness (QED) is 0.693. The van der Waals surface area contributed by atoms with Crippen molar-refractivity contribution >= 4 is 17.5 Å². The van der Waals surface area contributed by atoms with Gasteiger partial charge in [0.05, 0.1) is 5.69 Å². The van der Waals surface area contributed by atoms with E-state index in [2.05, 4.69) is 5.32 Å². The van der Waals surface area contributed by atoms with Gasteiger partial charge in [-0.05, 0) is 25.0 Å². The number of anilines is 1. The average Bonchev–Trinajstić information content (AvgIpc) is 2.64. The molecule has 0 aromatic heterocycles. The molecule has 3 fully saturated rings. The molecule has 4 aliphatic rings.